The molecule has 2 fully saturated rings. The molecule has 5 heteroatoms. The number of fused-ring (bicyclic) bond motifs is 1. The number of para-hydroxylation sites is 1. The molecule has 0 aliphatic carbocycles. The fraction of sp³-hybridized carbons (Fsp3) is 0.407. The van der Waals surface area contributed by atoms with Crippen LogP contribution in [0.5, 0.6) is 0 Å². The maximum absolute atomic E-state index is 5.54. The molecule has 2 saturated heterocycles. The molecule has 0 bridgehead atoms. The third-order valence-corrected chi connectivity index (χ3v) is 7.54. The van der Waals surface area contributed by atoms with E-state index in [1.165, 1.54) is 40.7 Å². The first-order chi connectivity index (χ1) is 15.8. The Morgan fingerprint density at radius 2 is 1.47 bits per heavy atom. The lowest BCUT2D eigenvalue weighted by Crippen LogP contribution is -2.38. The molecular formula is C27H31N3O2. The fourth-order valence-corrected chi connectivity index (χ4v) is 5.65. The monoisotopic (exact) mass is 429 g/mol. The van der Waals surface area contributed by atoms with E-state index in [9.17, 15) is 0 Å². The van der Waals surface area contributed by atoms with Crippen molar-refractivity contribution in [3.8, 4) is 0 Å². The lowest BCUT2D eigenvalue weighted by molar-refractivity contribution is -0.0728. The van der Waals surface area contributed by atoms with Crippen LogP contribution in [0.4, 0.5) is 11.4 Å². The number of aromatic nitrogens is 1. The number of nitrogens with zero attached hydrogens (tertiary/aromatic N) is 2. The summed E-state index contributed by atoms with van der Waals surface area (Å²) in [6.45, 7) is 4.35. The molecule has 3 aliphatic rings. The maximum Gasteiger partial charge on any atom is 0.242 e. The van der Waals surface area contributed by atoms with Gasteiger partial charge >= 0.3 is 0 Å². The van der Waals surface area contributed by atoms with Crippen LogP contribution >= 0.6 is 0 Å². The molecule has 0 unspecified atom stereocenters. The van der Waals surface area contributed by atoms with E-state index in [2.05, 4.69) is 63.3 Å². The summed E-state index contributed by atoms with van der Waals surface area (Å²) in [6.07, 6.45) is 9.93. The summed E-state index contributed by atoms with van der Waals surface area (Å²) >= 11 is 0. The molecule has 0 radical (unpaired) electrons. The smallest absolute Gasteiger partial charge is 0.242 e. The van der Waals surface area contributed by atoms with Gasteiger partial charge in [0, 0.05) is 49.4 Å². The Kier molecular flexibility index (Phi) is 5.18. The van der Waals surface area contributed by atoms with Gasteiger partial charge in [-0.15, -0.1) is 0 Å². The number of hydrogen-bond acceptors (Lipinski definition) is 4. The van der Waals surface area contributed by atoms with Gasteiger partial charge in [-0.2, -0.15) is 0 Å². The molecule has 1 N–H and O–H groups in total. The molecule has 0 atom stereocenters. The normalized spacial score (nSPS) is 20.6. The molecule has 0 saturated carbocycles. The minimum absolute atomic E-state index is 0.0746. The molecule has 1 aromatic heterocycles. The fourth-order valence-electron chi connectivity index (χ4n) is 5.65. The standard InChI is InChI=1S/C27H31N3O2/c1-2-22-8-13-28-26(22)25(3-1)30-16-9-21(10-17-30)20-4-6-24(7-5-20)29-14-11-23(12-15-29)27-31-18-19-32-27/h1-8,13,18-19,21,23,27-28H,9-12,14-17H2. The third-order valence-electron chi connectivity index (χ3n) is 7.54. The van der Waals surface area contributed by atoms with Gasteiger partial charge in [-0.3, -0.25) is 0 Å². The molecular weight excluding hydrogens is 398 g/mol. The highest BCUT2D eigenvalue weighted by Gasteiger charge is 2.30. The second-order valence-electron chi connectivity index (χ2n) is 9.31. The zero-order chi connectivity index (χ0) is 21.3. The number of ether oxygens (including phenoxy) is 2. The summed E-state index contributed by atoms with van der Waals surface area (Å²) in [6, 6.07) is 18.1. The first-order valence-electron chi connectivity index (χ1n) is 12.0. The van der Waals surface area contributed by atoms with Crippen molar-refractivity contribution in [2.45, 2.75) is 37.9 Å². The molecule has 4 heterocycles. The highest BCUT2D eigenvalue weighted by Crippen LogP contribution is 2.35. The lowest BCUT2D eigenvalue weighted by atomic mass is 9.89. The quantitative estimate of drug-likeness (QED) is 0.585. The zero-order valence-electron chi connectivity index (χ0n) is 18.5. The van der Waals surface area contributed by atoms with E-state index < -0.39 is 0 Å². The van der Waals surface area contributed by atoms with Gasteiger partial charge in [0.05, 0.1) is 11.2 Å². The Hall–Kier alpha value is -3.08. The molecule has 5 nitrogen and oxygen atoms in total. The van der Waals surface area contributed by atoms with Crippen LogP contribution in [0, 0.1) is 5.92 Å². The van der Waals surface area contributed by atoms with Gasteiger partial charge in [-0.25, -0.2) is 0 Å². The molecule has 3 aliphatic heterocycles. The highest BCUT2D eigenvalue weighted by atomic mass is 16.7. The maximum atomic E-state index is 5.54. The average Bonchev–Trinajstić information content (AvgIpc) is 3.57. The van der Waals surface area contributed by atoms with Crippen molar-refractivity contribution >= 4 is 22.3 Å². The number of aromatic amines is 1. The van der Waals surface area contributed by atoms with Gasteiger partial charge in [-0.05, 0) is 61.4 Å². The Morgan fingerprint density at radius 1 is 0.750 bits per heavy atom. The van der Waals surface area contributed by atoms with E-state index in [0.717, 1.165) is 39.0 Å². The van der Waals surface area contributed by atoms with E-state index in [1.807, 2.05) is 6.20 Å². The van der Waals surface area contributed by atoms with Gasteiger partial charge < -0.3 is 24.3 Å². The summed E-state index contributed by atoms with van der Waals surface area (Å²) in [5.74, 6) is 1.14. The summed E-state index contributed by atoms with van der Waals surface area (Å²) in [5.41, 5.74) is 5.44. The molecule has 0 amide bonds. The van der Waals surface area contributed by atoms with E-state index in [4.69, 9.17) is 9.47 Å². The minimum atomic E-state index is -0.0746. The first-order valence-corrected chi connectivity index (χ1v) is 12.0. The van der Waals surface area contributed by atoms with E-state index in [0.29, 0.717) is 11.8 Å². The van der Waals surface area contributed by atoms with Crippen LogP contribution in [0.15, 0.2) is 67.3 Å². The van der Waals surface area contributed by atoms with Crippen LogP contribution in [0.25, 0.3) is 10.9 Å². The van der Waals surface area contributed by atoms with Crippen LogP contribution in [-0.2, 0) is 9.47 Å². The van der Waals surface area contributed by atoms with Gasteiger partial charge in [-0.1, -0.05) is 24.3 Å². The van der Waals surface area contributed by atoms with Crippen molar-refractivity contribution in [1.29, 1.82) is 0 Å². The predicted molar refractivity (Wildman–Crippen MR) is 129 cm³/mol. The number of rotatable bonds is 4. The molecule has 3 aromatic rings. The SMILES string of the molecule is C1=COC(C2CCN(c3ccc(C4CCN(c5cccc6cc[nH]c56)CC4)cc3)CC2)O1. The van der Waals surface area contributed by atoms with Crippen LogP contribution in [0.1, 0.15) is 37.2 Å². The summed E-state index contributed by atoms with van der Waals surface area (Å²) in [5, 5.41) is 1.30. The molecule has 2 aromatic carbocycles. The second kappa shape index (κ2) is 8.45. The zero-order valence-corrected chi connectivity index (χ0v) is 18.5. The summed E-state index contributed by atoms with van der Waals surface area (Å²) in [4.78, 5) is 8.47. The van der Waals surface area contributed by atoms with E-state index >= 15 is 0 Å². The predicted octanol–water partition coefficient (Wildman–Crippen LogP) is 5.61. The number of piperidine rings is 2. The first kappa shape index (κ1) is 19.6. The average molecular weight is 430 g/mol. The van der Waals surface area contributed by atoms with E-state index in [1.54, 1.807) is 12.5 Å². The number of hydrogen-bond donors (Lipinski definition) is 1. The Labute approximate surface area is 189 Å². The molecule has 166 valence electrons. The Balaban J connectivity index is 1.05. The van der Waals surface area contributed by atoms with Crippen molar-refractivity contribution in [1.82, 2.24) is 4.98 Å². The summed E-state index contributed by atoms with van der Waals surface area (Å²) < 4.78 is 11.1. The Bertz CT molecular complexity index is 1070. The summed E-state index contributed by atoms with van der Waals surface area (Å²) in [7, 11) is 0. The van der Waals surface area contributed by atoms with Crippen molar-refractivity contribution in [2.75, 3.05) is 36.0 Å². The minimum Gasteiger partial charge on any atom is -0.459 e. The van der Waals surface area contributed by atoms with Gasteiger partial charge in [0.25, 0.3) is 0 Å². The molecule has 32 heavy (non-hydrogen) atoms. The van der Waals surface area contributed by atoms with Crippen molar-refractivity contribution in [2.24, 2.45) is 5.92 Å². The topological polar surface area (TPSA) is 40.7 Å². The van der Waals surface area contributed by atoms with Crippen molar-refractivity contribution < 1.29 is 9.47 Å². The largest absolute Gasteiger partial charge is 0.459 e. The van der Waals surface area contributed by atoms with Crippen LogP contribution in [0.2, 0.25) is 0 Å². The van der Waals surface area contributed by atoms with E-state index in [-0.39, 0.29) is 6.29 Å². The van der Waals surface area contributed by atoms with Gasteiger partial charge in [0.1, 0.15) is 12.5 Å². The number of nitrogens with one attached hydrogen (secondary N) is 1. The van der Waals surface area contributed by atoms with Crippen molar-refractivity contribution in [3.05, 3.63) is 72.8 Å². The van der Waals surface area contributed by atoms with Crippen LogP contribution in [0.3, 0.4) is 0 Å². The van der Waals surface area contributed by atoms with Crippen LogP contribution < -0.4 is 9.80 Å². The number of H-pyrrole nitrogens is 1. The van der Waals surface area contributed by atoms with Crippen molar-refractivity contribution in [3.63, 3.8) is 0 Å². The van der Waals surface area contributed by atoms with Gasteiger partial charge in [0.2, 0.25) is 6.29 Å². The lowest BCUT2D eigenvalue weighted by Gasteiger charge is -2.36. The third kappa shape index (κ3) is 3.70. The Morgan fingerprint density at radius 3 is 2.22 bits per heavy atom. The highest BCUT2D eigenvalue weighted by molar-refractivity contribution is 5.91. The van der Waals surface area contributed by atoms with Gasteiger partial charge in [0.15, 0.2) is 0 Å². The molecule has 0 spiro atoms. The van der Waals surface area contributed by atoms with Crippen LogP contribution in [-0.4, -0.2) is 37.5 Å². The number of anilines is 2. The molecule has 6 rings (SSSR count). The number of benzene rings is 2. The second-order valence-corrected chi connectivity index (χ2v) is 9.31.